The molecule has 94 valence electrons. The van der Waals surface area contributed by atoms with E-state index >= 15 is 0 Å². The van der Waals surface area contributed by atoms with Crippen LogP contribution in [0.1, 0.15) is 19.3 Å². The third kappa shape index (κ3) is 3.01. The number of nitrogens with two attached hydrogens (primary N) is 1. The molecule has 1 aliphatic rings. The number of nitrogen functional groups attached to an aromatic ring is 1. The monoisotopic (exact) mass is 259 g/mol. The summed E-state index contributed by atoms with van der Waals surface area (Å²) in [6.07, 6.45) is 3.26. The zero-order valence-electron chi connectivity index (χ0n) is 9.42. The van der Waals surface area contributed by atoms with Gasteiger partial charge in [-0.1, -0.05) is 11.6 Å². The van der Waals surface area contributed by atoms with Crippen molar-refractivity contribution in [3.05, 3.63) is 23.0 Å². The molecule has 0 amide bonds. The zero-order valence-corrected chi connectivity index (χ0v) is 10.2. The SMILES string of the molecule is Nc1ccc(OC[C@@H]2CCCCO2)c(Cl)c1F. The highest BCUT2D eigenvalue weighted by molar-refractivity contribution is 6.32. The highest BCUT2D eigenvalue weighted by Gasteiger charge is 2.16. The van der Waals surface area contributed by atoms with Crippen molar-refractivity contribution in [3.63, 3.8) is 0 Å². The Balaban J connectivity index is 1.96. The number of anilines is 1. The van der Waals surface area contributed by atoms with Crippen LogP contribution in [0.5, 0.6) is 5.75 Å². The standard InChI is InChI=1S/C12H15ClFNO2/c13-11-10(5-4-9(15)12(11)14)17-7-8-3-1-2-6-16-8/h4-5,8H,1-3,6-7,15H2/t8-/m0/s1. The van der Waals surface area contributed by atoms with Gasteiger partial charge in [-0.05, 0) is 31.4 Å². The van der Waals surface area contributed by atoms with Crippen molar-refractivity contribution < 1.29 is 13.9 Å². The number of benzene rings is 1. The quantitative estimate of drug-likeness (QED) is 0.849. The molecule has 1 saturated heterocycles. The topological polar surface area (TPSA) is 44.5 Å². The van der Waals surface area contributed by atoms with Crippen molar-refractivity contribution in [2.75, 3.05) is 18.9 Å². The largest absolute Gasteiger partial charge is 0.489 e. The molecular formula is C12H15ClFNO2. The minimum absolute atomic E-state index is 0.0243. The molecule has 1 aliphatic heterocycles. The average molecular weight is 260 g/mol. The molecule has 3 nitrogen and oxygen atoms in total. The molecule has 0 aliphatic carbocycles. The van der Waals surface area contributed by atoms with Gasteiger partial charge in [-0.3, -0.25) is 0 Å². The van der Waals surface area contributed by atoms with E-state index in [1.165, 1.54) is 6.07 Å². The predicted molar refractivity (Wildman–Crippen MR) is 64.9 cm³/mol. The van der Waals surface area contributed by atoms with E-state index in [9.17, 15) is 4.39 Å². The van der Waals surface area contributed by atoms with E-state index in [4.69, 9.17) is 26.8 Å². The summed E-state index contributed by atoms with van der Waals surface area (Å²) in [5.74, 6) is -0.318. The van der Waals surface area contributed by atoms with Crippen LogP contribution < -0.4 is 10.5 Å². The molecule has 1 heterocycles. The molecule has 0 unspecified atom stereocenters. The van der Waals surface area contributed by atoms with Crippen molar-refractivity contribution in [2.45, 2.75) is 25.4 Å². The lowest BCUT2D eigenvalue weighted by atomic mass is 10.1. The highest BCUT2D eigenvalue weighted by atomic mass is 35.5. The third-order valence-electron chi connectivity index (χ3n) is 2.78. The van der Waals surface area contributed by atoms with E-state index in [0.717, 1.165) is 25.9 Å². The van der Waals surface area contributed by atoms with Crippen LogP contribution >= 0.6 is 11.6 Å². The summed E-state index contributed by atoms with van der Waals surface area (Å²) in [5.41, 5.74) is 5.41. The molecule has 0 saturated carbocycles. The Kier molecular flexibility index (Phi) is 4.07. The molecule has 0 aromatic heterocycles. The van der Waals surface area contributed by atoms with Crippen LogP contribution in [-0.4, -0.2) is 19.3 Å². The van der Waals surface area contributed by atoms with E-state index in [1.54, 1.807) is 6.07 Å². The lowest BCUT2D eigenvalue weighted by molar-refractivity contribution is -0.0110. The molecule has 5 heteroatoms. The Bertz CT molecular complexity index is 394. The average Bonchev–Trinajstić information content (AvgIpc) is 2.36. The molecule has 0 spiro atoms. The maximum Gasteiger partial charge on any atom is 0.168 e. The summed E-state index contributed by atoms with van der Waals surface area (Å²) in [6.45, 7) is 1.15. The van der Waals surface area contributed by atoms with Gasteiger partial charge in [0.25, 0.3) is 0 Å². The number of halogens is 2. The fraction of sp³-hybridized carbons (Fsp3) is 0.500. The van der Waals surface area contributed by atoms with Gasteiger partial charge in [-0.25, -0.2) is 4.39 Å². The van der Waals surface area contributed by atoms with Crippen molar-refractivity contribution in [1.29, 1.82) is 0 Å². The number of hydrogen-bond donors (Lipinski definition) is 1. The molecular weight excluding hydrogens is 245 g/mol. The maximum atomic E-state index is 13.4. The normalized spacial score (nSPS) is 20.2. The summed E-state index contributed by atoms with van der Waals surface area (Å²) in [6, 6.07) is 3.02. The first-order valence-corrected chi connectivity index (χ1v) is 6.04. The molecule has 1 fully saturated rings. The van der Waals surface area contributed by atoms with Crippen molar-refractivity contribution >= 4 is 17.3 Å². The minimum Gasteiger partial charge on any atom is -0.489 e. The van der Waals surface area contributed by atoms with Gasteiger partial charge in [0.2, 0.25) is 0 Å². The molecule has 0 bridgehead atoms. The predicted octanol–water partition coefficient (Wildman–Crippen LogP) is 3.01. The van der Waals surface area contributed by atoms with Crippen LogP contribution in [0.2, 0.25) is 5.02 Å². The van der Waals surface area contributed by atoms with Crippen molar-refractivity contribution in [2.24, 2.45) is 0 Å². The summed E-state index contributed by atoms with van der Waals surface area (Å²) >= 11 is 5.80. The van der Waals surface area contributed by atoms with Gasteiger partial charge in [0.1, 0.15) is 17.4 Å². The Hall–Kier alpha value is -1.00. The first-order valence-electron chi connectivity index (χ1n) is 5.66. The molecule has 1 aromatic carbocycles. The Morgan fingerprint density at radius 3 is 3.00 bits per heavy atom. The van der Waals surface area contributed by atoms with Gasteiger partial charge in [0.15, 0.2) is 5.82 Å². The van der Waals surface area contributed by atoms with E-state index < -0.39 is 5.82 Å². The lowest BCUT2D eigenvalue weighted by Crippen LogP contribution is -2.25. The van der Waals surface area contributed by atoms with Gasteiger partial charge in [0, 0.05) is 6.61 Å². The summed E-state index contributed by atoms with van der Waals surface area (Å²) < 4.78 is 24.4. The number of hydrogen-bond acceptors (Lipinski definition) is 3. The summed E-state index contributed by atoms with van der Waals surface area (Å²) in [4.78, 5) is 0. The number of rotatable bonds is 3. The molecule has 2 rings (SSSR count). The van der Waals surface area contributed by atoms with Crippen LogP contribution in [0.15, 0.2) is 12.1 Å². The zero-order chi connectivity index (χ0) is 12.3. The molecule has 0 radical (unpaired) electrons. The Morgan fingerprint density at radius 2 is 2.29 bits per heavy atom. The smallest absolute Gasteiger partial charge is 0.168 e. The summed E-state index contributed by atoms with van der Waals surface area (Å²) in [7, 11) is 0. The first kappa shape index (κ1) is 12.5. The van der Waals surface area contributed by atoms with Gasteiger partial charge < -0.3 is 15.2 Å². The first-order chi connectivity index (χ1) is 8.18. The van der Waals surface area contributed by atoms with Crippen LogP contribution in [0, 0.1) is 5.82 Å². The van der Waals surface area contributed by atoms with E-state index in [1.807, 2.05) is 0 Å². The highest BCUT2D eigenvalue weighted by Crippen LogP contribution is 2.31. The van der Waals surface area contributed by atoms with Gasteiger partial charge in [-0.2, -0.15) is 0 Å². The molecule has 2 N–H and O–H groups in total. The van der Waals surface area contributed by atoms with Crippen LogP contribution in [-0.2, 0) is 4.74 Å². The van der Waals surface area contributed by atoms with Crippen LogP contribution in [0.4, 0.5) is 10.1 Å². The van der Waals surface area contributed by atoms with Crippen LogP contribution in [0.25, 0.3) is 0 Å². The minimum atomic E-state index is -0.631. The van der Waals surface area contributed by atoms with Gasteiger partial charge in [0.05, 0.1) is 11.8 Å². The Morgan fingerprint density at radius 1 is 1.47 bits per heavy atom. The van der Waals surface area contributed by atoms with E-state index in [-0.39, 0.29) is 16.8 Å². The van der Waals surface area contributed by atoms with Gasteiger partial charge in [-0.15, -0.1) is 0 Å². The second-order valence-corrected chi connectivity index (χ2v) is 4.46. The molecule has 17 heavy (non-hydrogen) atoms. The second kappa shape index (κ2) is 5.56. The van der Waals surface area contributed by atoms with E-state index in [0.29, 0.717) is 12.4 Å². The fourth-order valence-electron chi connectivity index (χ4n) is 1.78. The Labute approximate surface area is 105 Å². The molecule has 1 atom stereocenters. The van der Waals surface area contributed by atoms with Crippen LogP contribution in [0.3, 0.4) is 0 Å². The van der Waals surface area contributed by atoms with Gasteiger partial charge >= 0.3 is 0 Å². The summed E-state index contributed by atoms with van der Waals surface area (Å²) in [5, 5.41) is -0.0687. The fourth-order valence-corrected chi connectivity index (χ4v) is 2.01. The van der Waals surface area contributed by atoms with Crippen molar-refractivity contribution in [3.8, 4) is 5.75 Å². The number of ether oxygens (including phenoxy) is 2. The lowest BCUT2D eigenvalue weighted by Gasteiger charge is -2.22. The maximum absolute atomic E-state index is 13.4. The van der Waals surface area contributed by atoms with Crippen molar-refractivity contribution in [1.82, 2.24) is 0 Å². The molecule has 1 aromatic rings. The van der Waals surface area contributed by atoms with E-state index in [2.05, 4.69) is 0 Å². The second-order valence-electron chi connectivity index (χ2n) is 4.08. The third-order valence-corrected chi connectivity index (χ3v) is 3.13.